The van der Waals surface area contributed by atoms with Crippen molar-refractivity contribution in [2.45, 2.75) is 27.7 Å². The molecule has 0 saturated heterocycles. The van der Waals surface area contributed by atoms with E-state index < -0.39 is 5.92 Å². The molecule has 1 aliphatic heterocycles. The molecule has 0 radical (unpaired) electrons. The van der Waals surface area contributed by atoms with Crippen LogP contribution >= 0.6 is 0 Å². The highest BCUT2D eigenvalue weighted by atomic mass is 16.2. The lowest BCUT2D eigenvalue weighted by atomic mass is 9.97. The number of nitrogens with one attached hydrogen (secondary N) is 2. The molecular weight excluding hydrogens is 364 g/mol. The molecule has 0 spiro atoms. The molecule has 29 heavy (non-hydrogen) atoms. The summed E-state index contributed by atoms with van der Waals surface area (Å²) in [6, 6.07) is 14.9. The van der Waals surface area contributed by atoms with E-state index in [0.717, 1.165) is 11.1 Å². The molecule has 2 aromatic carbocycles. The van der Waals surface area contributed by atoms with Crippen LogP contribution in [0.1, 0.15) is 25.0 Å². The second-order valence-corrected chi connectivity index (χ2v) is 7.23. The van der Waals surface area contributed by atoms with Gasteiger partial charge in [0.1, 0.15) is 0 Å². The number of hydrogen-bond donors (Lipinski definition) is 2. The van der Waals surface area contributed by atoms with Gasteiger partial charge in [-0.1, -0.05) is 41.5 Å². The predicted molar refractivity (Wildman–Crippen MR) is 117 cm³/mol. The van der Waals surface area contributed by atoms with Crippen molar-refractivity contribution in [3.63, 3.8) is 0 Å². The highest BCUT2D eigenvalue weighted by Gasteiger charge is 2.31. The third kappa shape index (κ3) is 4.48. The largest absolute Gasteiger partial charge is 0.325 e. The van der Waals surface area contributed by atoms with Crippen LogP contribution in [0, 0.1) is 25.2 Å². The smallest absolute Gasteiger partial charge is 0.280 e. The Morgan fingerprint density at radius 2 is 1.59 bits per heavy atom. The highest BCUT2D eigenvalue weighted by Crippen LogP contribution is 2.25. The molecule has 2 amide bonds. The summed E-state index contributed by atoms with van der Waals surface area (Å²) in [6.07, 6.45) is 1.53. The first-order valence-electron chi connectivity index (χ1n) is 9.37. The topological polar surface area (TPSA) is 85.6 Å². The van der Waals surface area contributed by atoms with Crippen LogP contribution in [0.4, 0.5) is 11.4 Å². The Morgan fingerprint density at radius 1 is 1.03 bits per heavy atom. The monoisotopic (exact) mass is 388 g/mol. The number of nitrogens with zero attached hydrogens (tertiary/aromatic N) is 2. The van der Waals surface area contributed by atoms with Crippen LogP contribution in [-0.4, -0.2) is 23.2 Å². The van der Waals surface area contributed by atoms with Gasteiger partial charge in [-0.2, -0.15) is 10.1 Å². The minimum absolute atomic E-state index is 0.150. The van der Waals surface area contributed by atoms with Gasteiger partial charge in [-0.3, -0.25) is 9.59 Å². The summed E-state index contributed by atoms with van der Waals surface area (Å²) in [5.41, 5.74) is 4.49. The maximum atomic E-state index is 12.9. The summed E-state index contributed by atoms with van der Waals surface area (Å²) in [5.74, 6) is -1.53. The summed E-state index contributed by atoms with van der Waals surface area (Å²) < 4.78 is 0. The van der Waals surface area contributed by atoms with Crippen LogP contribution in [0.2, 0.25) is 0 Å². The Morgan fingerprint density at radius 3 is 2.14 bits per heavy atom. The number of carbonyl (C=O) groups is 2. The molecule has 0 bridgehead atoms. The van der Waals surface area contributed by atoms with Gasteiger partial charge < -0.3 is 10.7 Å². The second kappa shape index (κ2) is 8.22. The van der Waals surface area contributed by atoms with Crippen molar-refractivity contribution in [2.24, 2.45) is 11.0 Å². The summed E-state index contributed by atoms with van der Waals surface area (Å²) in [5, 5.41) is 16.5. The molecule has 1 unspecified atom stereocenters. The van der Waals surface area contributed by atoms with Gasteiger partial charge in [-0.25, -0.2) is 0 Å². The average Bonchev–Trinajstić information content (AvgIpc) is 2.95. The van der Waals surface area contributed by atoms with Crippen LogP contribution in [0.25, 0.3) is 0 Å². The molecule has 1 atom stereocenters. The summed E-state index contributed by atoms with van der Waals surface area (Å²) >= 11 is 0. The molecule has 0 aliphatic carbocycles. The lowest BCUT2D eigenvalue weighted by Crippen LogP contribution is -2.28. The average molecular weight is 388 g/mol. The quantitative estimate of drug-likeness (QED) is 0.593. The van der Waals surface area contributed by atoms with Crippen LogP contribution < -0.4 is 10.3 Å². The van der Waals surface area contributed by atoms with Crippen molar-refractivity contribution in [2.75, 3.05) is 10.3 Å². The van der Waals surface area contributed by atoms with Gasteiger partial charge in [0.15, 0.2) is 0 Å². The first-order valence-corrected chi connectivity index (χ1v) is 9.37. The third-order valence-corrected chi connectivity index (χ3v) is 4.74. The lowest BCUT2D eigenvalue weighted by Gasteiger charge is -2.14. The van der Waals surface area contributed by atoms with Crippen LogP contribution in [0.3, 0.4) is 0 Å². The van der Waals surface area contributed by atoms with E-state index in [0.29, 0.717) is 22.7 Å². The highest BCUT2D eigenvalue weighted by molar-refractivity contribution is 6.30. The maximum absolute atomic E-state index is 12.9. The molecule has 2 N–H and O–H groups in total. The number of anilines is 2. The minimum Gasteiger partial charge on any atom is -0.325 e. The van der Waals surface area contributed by atoms with E-state index >= 15 is 0 Å². The lowest BCUT2D eigenvalue weighted by molar-refractivity contribution is -0.117. The van der Waals surface area contributed by atoms with E-state index in [1.807, 2.05) is 62.4 Å². The van der Waals surface area contributed by atoms with Gasteiger partial charge in [0.25, 0.3) is 5.91 Å². The zero-order valence-electron chi connectivity index (χ0n) is 17.0. The second-order valence-electron chi connectivity index (χ2n) is 7.23. The number of benzene rings is 2. The van der Waals surface area contributed by atoms with E-state index in [9.17, 15) is 9.59 Å². The molecule has 3 rings (SSSR count). The fourth-order valence-electron chi connectivity index (χ4n) is 2.99. The van der Waals surface area contributed by atoms with Gasteiger partial charge in [-0.05, 0) is 52.0 Å². The summed E-state index contributed by atoms with van der Waals surface area (Å²) in [7, 11) is 0. The van der Waals surface area contributed by atoms with Gasteiger partial charge in [-0.15, -0.1) is 0 Å². The van der Waals surface area contributed by atoms with Gasteiger partial charge >= 0.3 is 0 Å². The van der Waals surface area contributed by atoms with Crippen molar-refractivity contribution < 1.29 is 9.59 Å². The fourth-order valence-corrected chi connectivity index (χ4v) is 2.99. The zero-order chi connectivity index (χ0) is 21.1. The summed E-state index contributed by atoms with van der Waals surface area (Å²) in [4.78, 5) is 25.7. The third-order valence-electron chi connectivity index (χ3n) is 4.74. The molecule has 0 saturated carbocycles. The molecular formula is C23H24N4O2. The molecule has 1 heterocycles. The standard InChI is InChI=1S/C23H24N4O2/c1-14-5-9-18(10-6-14)25-22(28)20(16(3)24)13-21-17(4)26-27(23(21)29)19-11-7-15(2)8-12-19/h5-13,20,24H,1-4H3,(H,25,28)/b21-13-,24-16?. The summed E-state index contributed by atoms with van der Waals surface area (Å²) in [6.45, 7) is 7.22. The number of aryl methyl sites for hydroxylation is 2. The normalized spacial score (nSPS) is 16.0. The number of carbonyl (C=O) groups excluding carboxylic acids is 2. The Labute approximate surface area is 170 Å². The minimum atomic E-state index is -0.863. The van der Waals surface area contributed by atoms with E-state index in [2.05, 4.69) is 10.4 Å². The molecule has 148 valence electrons. The Bertz CT molecular complexity index is 1020. The molecule has 2 aromatic rings. The number of rotatable bonds is 5. The Balaban J connectivity index is 1.84. The van der Waals surface area contributed by atoms with Crippen LogP contribution in [-0.2, 0) is 9.59 Å². The van der Waals surface area contributed by atoms with Crippen LogP contribution in [0.5, 0.6) is 0 Å². The van der Waals surface area contributed by atoms with Crippen LogP contribution in [0.15, 0.2) is 65.3 Å². The Kier molecular flexibility index (Phi) is 5.73. The molecule has 0 fully saturated rings. The van der Waals surface area contributed by atoms with E-state index in [1.165, 1.54) is 11.1 Å². The van der Waals surface area contributed by atoms with Crippen molar-refractivity contribution in [3.05, 3.63) is 71.3 Å². The first kappa shape index (κ1) is 20.2. The fraction of sp³-hybridized carbons (Fsp3) is 0.217. The van der Waals surface area contributed by atoms with E-state index in [4.69, 9.17) is 5.41 Å². The zero-order valence-corrected chi connectivity index (χ0v) is 17.0. The number of hydrazone groups is 1. The number of hydrogen-bond acceptors (Lipinski definition) is 4. The van der Waals surface area contributed by atoms with E-state index in [1.54, 1.807) is 13.8 Å². The van der Waals surface area contributed by atoms with Crippen molar-refractivity contribution in [1.82, 2.24) is 0 Å². The van der Waals surface area contributed by atoms with Gasteiger partial charge in [0.2, 0.25) is 5.91 Å². The van der Waals surface area contributed by atoms with Crippen molar-refractivity contribution in [1.29, 1.82) is 5.41 Å². The van der Waals surface area contributed by atoms with Crippen molar-refractivity contribution >= 4 is 34.6 Å². The molecule has 1 aliphatic rings. The predicted octanol–water partition coefficient (Wildman–Crippen LogP) is 4.25. The molecule has 6 nitrogen and oxygen atoms in total. The van der Waals surface area contributed by atoms with Gasteiger partial charge in [0, 0.05) is 11.4 Å². The van der Waals surface area contributed by atoms with Gasteiger partial charge in [0.05, 0.1) is 22.9 Å². The van der Waals surface area contributed by atoms with E-state index in [-0.39, 0.29) is 17.5 Å². The Hall–Kier alpha value is -3.54. The SMILES string of the molecule is CC(=N)C(/C=C1\C(=O)N(c2ccc(C)cc2)N=C1C)C(=O)Nc1ccc(C)cc1. The molecule has 0 aromatic heterocycles. The maximum Gasteiger partial charge on any atom is 0.280 e. The van der Waals surface area contributed by atoms with Crippen molar-refractivity contribution in [3.8, 4) is 0 Å². The first-order chi connectivity index (χ1) is 13.8. The molecule has 6 heteroatoms. The number of amides is 2.